The number of hydrogen-bond acceptors (Lipinski definition) is 3. The molecule has 0 spiro atoms. The summed E-state index contributed by atoms with van der Waals surface area (Å²) in [7, 11) is 0. The first-order valence-electron chi connectivity index (χ1n) is 6.72. The van der Waals surface area contributed by atoms with Gasteiger partial charge in [0.2, 0.25) is 0 Å². The van der Waals surface area contributed by atoms with Crippen LogP contribution in [0.5, 0.6) is 0 Å². The molecule has 1 aromatic carbocycles. The number of nitrogens with zero attached hydrogens (tertiary/aromatic N) is 1. The van der Waals surface area contributed by atoms with Crippen LogP contribution in [0.3, 0.4) is 0 Å². The Kier molecular flexibility index (Phi) is 4.99. The molecule has 0 radical (unpaired) electrons. The Morgan fingerprint density at radius 3 is 2.58 bits per heavy atom. The Balaban J connectivity index is 1.89. The summed E-state index contributed by atoms with van der Waals surface area (Å²) in [5.74, 6) is -0.514. The number of halogens is 1. The maximum absolute atomic E-state index is 13.5. The monoisotopic (exact) mass is 281 g/mol. The average Bonchev–Trinajstić information content (AvgIpc) is 2.35. The fourth-order valence-electron chi connectivity index (χ4n) is 2.55. The molecule has 1 saturated heterocycles. The van der Waals surface area contributed by atoms with Crippen molar-refractivity contribution in [3.05, 3.63) is 35.6 Å². The number of benzene rings is 1. The second kappa shape index (κ2) is 6.53. The van der Waals surface area contributed by atoms with Crippen molar-refractivity contribution in [2.24, 2.45) is 0 Å². The molecule has 1 fully saturated rings. The molecule has 2 nitrogen and oxygen atoms in total. The molecular formula is C15H20FNOS. The molecule has 1 heterocycles. The SMILES string of the molecule is CC1CN(CCC(=O)c2ccccc2F)CC(C)S1. The molecule has 2 atom stereocenters. The lowest BCUT2D eigenvalue weighted by Crippen LogP contribution is -2.41. The van der Waals surface area contributed by atoms with Crippen molar-refractivity contribution in [2.45, 2.75) is 30.8 Å². The van der Waals surface area contributed by atoms with Gasteiger partial charge in [0.15, 0.2) is 5.78 Å². The van der Waals surface area contributed by atoms with Gasteiger partial charge in [-0.3, -0.25) is 4.79 Å². The first-order valence-corrected chi connectivity index (χ1v) is 7.66. The van der Waals surface area contributed by atoms with Crippen LogP contribution in [0.1, 0.15) is 30.6 Å². The zero-order chi connectivity index (χ0) is 13.8. The average molecular weight is 281 g/mol. The maximum Gasteiger partial charge on any atom is 0.167 e. The molecule has 4 heteroatoms. The molecule has 1 aliphatic rings. The molecule has 2 unspecified atom stereocenters. The predicted molar refractivity (Wildman–Crippen MR) is 78.3 cm³/mol. The number of hydrogen-bond donors (Lipinski definition) is 0. The predicted octanol–water partition coefficient (Wildman–Crippen LogP) is 3.22. The first-order chi connectivity index (χ1) is 9.06. The standard InChI is InChI=1S/C15H20FNOS/c1-11-9-17(10-12(2)19-11)8-7-15(18)13-5-3-4-6-14(13)16/h3-6,11-12H,7-10H2,1-2H3. The van der Waals surface area contributed by atoms with Gasteiger partial charge >= 0.3 is 0 Å². The highest BCUT2D eigenvalue weighted by Gasteiger charge is 2.22. The van der Waals surface area contributed by atoms with Gasteiger partial charge in [0, 0.05) is 36.6 Å². The molecule has 104 valence electrons. The molecular weight excluding hydrogens is 261 g/mol. The van der Waals surface area contributed by atoms with Crippen LogP contribution in [-0.2, 0) is 0 Å². The van der Waals surface area contributed by atoms with Gasteiger partial charge in [0.1, 0.15) is 5.82 Å². The highest BCUT2D eigenvalue weighted by Crippen LogP contribution is 2.24. The van der Waals surface area contributed by atoms with Gasteiger partial charge in [0.05, 0.1) is 5.56 Å². The van der Waals surface area contributed by atoms with Crippen LogP contribution in [0, 0.1) is 5.82 Å². The second-order valence-electron chi connectivity index (χ2n) is 5.17. The number of ketones is 1. The quantitative estimate of drug-likeness (QED) is 0.790. The van der Waals surface area contributed by atoms with Gasteiger partial charge in [-0.1, -0.05) is 26.0 Å². The summed E-state index contributed by atoms with van der Waals surface area (Å²) in [6.45, 7) is 7.18. The van der Waals surface area contributed by atoms with Gasteiger partial charge in [-0.05, 0) is 12.1 Å². The molecule has 0 bridgehead atoms. The number of rotatable bonds is 4. The highest BCUT2D eigenvalue weighted by molar-refractivity contribution is 8.00. The molecule has 2 rings (SSSR count). The largest absolute Gasteiger partial charge is 0.301 e. The number of Topliss-reactive ketones (excluding diaryl/α,β-unsaturated/α-hetero) is 1. The van der Waals surface area contributed by atoms with Crippen LogP contribution in [0.15, 0.2) is 24.3 Å². The van der Waals surface area contributed by atoms with E-state index in [0.717, 1.165) is 19.6 Å². The smallest absolute Gasteiger partial charge is 0.167 e. The summed E-state index contributed by atoms with van der Waals surface area (Å²) < 4.78 is 13.5. The number of thioether (sulfide) groups is 1. The lowest BCUT2D eigenvalue weighted by atomic mass is 10.1. The summed E-state index contributed by atoms with van der Waals surface area (Å²) >= 11 is 1.99. The summed E-state index contributed by atoms with van der Waals surface area (Å²) in [4.78, 5) is 14.3. The van der Waals surface area contributed by atoms with E-state index in [1.54, 1.807) is 18.2 Å². The number of carbonyl (C=O) groups is 1. The van der Waals surface area contributed by atoms with Crippen LogP contribution in [0.25, 0.3) is 0 Å². The summed E-state index contributed by atoms with van der Waals surface area (Å²) in [5, 5.41) is 1.21. The van der Waals surface area contributed by atoms with Gasteiger partial charge in [-0.2, -0.15) is 11.8 Å². The van der Waals surface area contributed by atoms with E-state index >= 15 is 0 Å². The Labute approximate surface area is 118 Å². The zero-order valence-electron chi connectivity index (χ0n) is 11.4. The zero-order valence-corrected chi connectivity index (χ0v) is 12.3. The van der Waals surface area contributed by atoms with E-state index in [4.69, 9.17) is 0 Å². The van der Waals surface area contributed by atoms with Crippen molar-refractivity contribution in [3.63, 3.8) is 0 Å². The van der Waals surface area contributed by atoms with Gasteiger partial charge in [-0.15, -0.1) is 0 Å². The molecule has 1 aromatic rings. The van der Waals surface area contributed by atoms with Crippen molar-refractivity contribution in [2.75, 3.05) is 19.6 Å². The van der Waals surface area contributed by atoms with E-state index in [2.05, 4.69) is 18.7 Å². The molecule has 0 amide bonds. The Hall–Kier alpha value is -0.870. The fourth-order valence-corrected chi connectivity index (χ4v) is 3.94. The van der Waals surface area contributed by atoms with E-state index in [1.165, 1.54) is 6.07 Å². The van der Waals surface area contributed by atoms with Gasteiger partial charge in [0.25, 0.3) is 0 Å². The third-order valence-electron chi connectivity index (χ3n) is 3.32. The number of carbonyl (C=O) groups excluding carboxylic acids is 1. The highest BCUT2D eigenvalue weighted by atomic mass is 32.2. The Morgan fingerprint density at radius 2 is 1.95 bits per heavy atom. The molecule has 1 aliphatic heterocycles. The molecule has 0 aliphatic carbocycles. The molecule has 19 heavy (non-hydrogen) atoms. The summed E-state index contributed by atoms with van der Waals surface area (Å²) in [6, 6.07) is 6.22. The van der Waals surface area contributed by atoms with E-state index in [9.17, 15) is 9.18 Å². The topological polar surface area (TPSA) is 20.3 Å². The minimum atomic E-state index is -0.413. The van der Waals surface area contributed by atoms with Crippen LogP contribution in [-0.4, -0.2) is 40.8 Å². The van der Waals surface area contributed by atoms with E-state index in [0.29, 0.717) is 16.9 Å². The van der Waals surface area contributed by atoms with E-state index in [1.807, 2.05) is 11.8 Å². The lowest BCUT2D eigenvalue weighted by Gasteiger charge is -2.34. The summed E-state index contributed by atoms with van der Waals surface area (Å²) in [5.41, 5.74) is 0.218. The first kappa shape index (κ1) is 14.5. The Bertz CT molecular complexity index is 442. The van der Waals surface area contributed by atoms with Crippen LogP contribution >= 0.6 is 11.8 Å². The minimum absolute atomic E-state index is 0.100. The van der Waals surface area contributed by atoms with Crippen molar-refractivity contribution >= 4 is 17.5 Å². The third kappa shape index (κ3) is 4.05. The van der Waals surface area contributed by atoms with Crippen LogP contribution in [0.4, 0.5) is 4.39 Å². The molecule has 0 aromatic heterocycles. The van der Waals surface area contributed by atoms with Gasteiger partial charge in [-0.25, -0.2) is 4.39 Å². The molecule has 0 saturated carbocycles. The van der Waals surface area contributed by atoms with Crippen LogP contribution in [0.2, 0.25) is 0 Å². The van der Waals surface area contributed by atoms with E-state index < -0.39 is 5.82 Å². The minimum Gasteiger partial charge on any atom is -0.301 e. The normalized spacial score (nSPS) is 24.4. The van der Waals surface area contributed by atoms with Crippen molar-refractivity contribution in [1.82, 2.24) is 4.90 Å². The second-order valence-corrected chi connectivity index (χ2v) is 7.05. The Morgan fingerprint density at radius 1 is 1.32 bits per heavy atom. The maximum atomic E-state index is 13.5. The molecule has 0 N–H and O–H groups in total. The van der Waals surface area contributed by atoms with Gasteiger partial charge < -0.3 is 4.90 Å². The van der Waals surface area contributed by atoms with Crippen molar-refractivity contribution in [1.29, 1.82) is 0 Å². The lowest BCUT2D eigenvalue weighted by molar-refractivity contribution is 0.0959. The van der Waals surface area contributed by atoms with E-state index in [-0.39, 0.29) is 11.3 Å². The fraction of sp³-hybridized carbons (Fsp3) is 0.533. The van der Waals surface area contributed by atoms with Crippen molar-refractivity contribution < 1.29 is 9.18 Å². The van der Waals surface area contributed by atoms with Crippen molar-refractivity contribution in [3.8, 4) is 0 Å². The summed E-state index contributed by atoms with van der Waals surface area (Å²) in [6.07, 6.45) is 0.394. The van der Waals surface area contributed by atoms with Crippen LogP contribution < -0.4 is 0 Å². The third-order valence-corrected chi connectivity index (χ3v) is 4.55.